The Hall–Kier alpha value is -1.29. The summed E-state index contributed by atoms with van der Waals surface area (Å²) in [6.45, 7) is 0. The Balaban J connectivity index is 2.07. The predicted molar refractivity (Wildman–Crippen MR) is 72.7 cm³/mol. The third-order valence-corrected chi connectivity index (χ3v) is 4.85. The summed E-state index contributed by atoms with van der Waals surface area (Å²) in [6, 6.07) is 3.52. The van der Waals surface area contributed by atoms with E-state index in [2.05, 4.69) is 22.0 Å². The van der Waals surface area contributed by atoms with Gasteiger partial charge in [0.25, 0.3) is 0 Å². The van der Waals surface area contributed by atoms with Crippen LogP contribution in [-0.4, -0.2) is 23.8 Å². The standard InChI is InChI=1S/C14H13BrO3/c1-17-11-7-9(8-16)6-10-2-4-14(18-13(10)11)5-3-12(14)15/h2,4,6-8,12H,3,5H2,1H3. The number of hydrogen-bond acceptors (Lipinski definition) is 3. The number of alkyl halides is 1. The maximum atomic E-state index is 10.9. The maximum absolute atomic E-state index is 10.9. The Morgan fingerprint density at radius 3 is 2.94 bits per heavy atom. The number of benzene rings is 1. The Morgan fingerprint density at radius 1 is 1.56 bits per heavy atom. The Morgan fingerprint density at radius 2 is 2.39 bits per heavy atom. The highest BCUT2D eigenvalue weighted by Crippen LogP contribution is 2.49. The first-order valence-corrected chi connectivity index (χ1v) is 6.79. The van der Waals surface area contributed by atoms with Crippen molar-refractivity contribution in [2.24, 2.45) is 0 Å². The van der Waals surface area contributed by atoms with Crippen LogP contribution in [0.1, 0.15) is 28.8 Å². The molecule has 1 aromatic rings. The molecule has 2 unspecified atom stereocenters. The van der Waals surface area contributed by atoms with E-state index in [4.69, 9.17) is 9.47 Å². The van der Waals surface area contributed by atoms with Gasteiger partial charge in [-0.1, -0.05) is 22.0 Å². The highest BCUT2D eigenvalue weighted by Gasteiger charge is 2.48. The van der Waals surface area contributed by atoms with Gasteiger partial charge in [0, 0.05) is 11.1 Å². The normalized spacial score (nSPS) is 28.2. The first kappa shape index (κ1) is 11.8. The van der Waals surface area contributed by atoms with Gasteiger partial charge < -0.3 is 9.47 Å². The number of rotatable bonds is 2. The van der Waals surface area contributed by atoms with E-state index in [-0.39, 0.29) is 5.60 Å². The van der Waals surface area contributed by atoms with Crippen molar-refractivity contribution in [3.8, 4) is 11.5 Å². The van der Waals surface area contributed by atoms with Crippen molar-refractivity contribution in [2.75, 3.05) is 7.11 Å². The average molecular weight is 309 g/mol. The second-order valence-electron chi connectivity index (χ2n) is 4.66. The fourth-order valence-corrected chi connectivity index (χ4v) is 3.10. The summed E-state index contributed by atoms with van der Waals surface area (Å²) in [5.74, 6) is 1.35. The van der Waals surface area contributed by atoms with Crippen LogP contribution >= 0.6 is 15.9 Å². The molecule has 1 heterocycles. The summed E-state index contributed by atoms with van der Waals surface area (Å²) in [4.78, 5) is 11.2. The van der Waals surface area contributed by atoms with Gasteiger partial charge in [-0.05, 0) is 31.1 Å². The molecule has 3 rings (SSSR count). The second kappa shape index (κ2) is 4.12. The van der Waals surface area contributed by atoms with E-state index in [0.29, 0.717) is 16.1 Å². The number of carbonyl (C=O) groups excluding carboxylic acids is 1. The maximum Gasteiger partial charge on any atom is 0.169 e. The van der Waals surface area contributed by atoms with Gasteiger partial charge >= 0.3 is 0 Å². The van der Waals surface area contributed by atoms with Crippen molar-refractivity contribution >= 4 is 28.3 Å². The second-order valence-corrected chi connectivity index (χ2v) is 5.76. The van der Waals surface area contributed by atoms with Crippen LogP contribution in [0.15, 0.2) is 18.2 Å². The molecule has 18 heavy (non-hydrogen) atoms. The van der Waals surface area contributed by atoms with Crippen molar-refractivity contribution in [3.63, 3.8) is 0 Å². The minimum Gasteiger partial charge on any atom is -0.493 e. The number of ether oxygens (including phenoxy) is 2. The first-order valence-electron chi connectivity index (χ1n) is 5.88. The minimum absolute atomic E-state index is 0.247. The third kappa shape index (κ3) is 1.59. The molecule has 0 N–H and O–H groups in total. The molecule has 1 aromatic carbocycles. The van der Waals surface area contributed by atoms with Crippen molar-refractivity contribution in [2.45, 2.75) is 23.3 Å². The lowest BCUT2D eigenvalue weighted by Gasteiger charge is -2.46. The third-order valence-electron chi connectivity index (χ3n) is 3.62. The van der Waals surface area contributed by atoms with E-state index in [1.54, 1.807) is 13.2 Å². The molecule has 1 aliphatic heterocycles. The van der Waals surface area contributed by atoms with Gasteiger partial charge in [0.05, 0.1) is 11.9 Å². The van der Waals surface area contributed by atoms with E-state index in [1.807, 2.05) is 12.1 Å². The zero-order valence-corrected chi connectivity index (χ0v) is 11.6. The smallest absolute Gasteiger partial charge is 0.169 e. The first-order chi connectivity index (χ1) is 8.68. The summed E-state index contributed by atoms with van der Waals surface area (Å²) >= 11 is 3.63. The van der Waals surface area contributed by atoms with Crippen LogP contribution < -0.4 is 9.47 Å². The highest BCUT2D eigenvalue weighted by molar-refractivity contribution is 9.09. The minimum atomic E-state index is -0.247. The average Bonchev–Trinajstić information content (AvgIpc) is 2.43. The molecule has 4 heteroatoms. The molecule has 1 spiro atoms. The Bertz CT molecular complexity index is 538. The fourth-order valence-electron chi connectivity index (χ4n) is 2.39. The van der Waals surface area contributed by atoms with Crippen LogP contribution in [0.3, 0.4) is 0 Å². The number of methoxy groups -OCH3 is 1. The summed E-state index contributed by atoms with van der Waals surface area (Å²) in [5, 5.41) is 0. The molecule has 0 radical (unpaired) electrons. The molecule has 0 bridgehead atoms. The zero-order chi connectivity index (χ0) is 12.8. The molecule has 94 valence electrons. The van der Waals surface area contributed by atoms with Gasteiger partial charge in [-0.25, -0.2) is 0 Å². The van der Waals surface area contributed by atoms with Crippen LogP contribution in [0.4, 0.5) is 0 Å². The molecule has 0 saturated heterocycles. The monoisotopic (exact) mass is 308 g/mol. The van der Waals surface area contributed by atoms with Crippen LogP contribution in [-0.2, 0) is 0 Å². The van der Waals surface area contributed by atoms with Crippen molar-refractivity contribution in [3.05, 3.63) is 29.3 Å². The van der Waals surface area contributed by atoms with E-state index in [9.17, 15) is 4.79 Å². The molecular weight excluding hydrogens is 296 g/mol. The lowest BCUT2D eigenvalue weighted by atomic mass is 9.78. The van der Waals surface area contributed by atoms with Gasteiger partial charge in [-0.3, -0.25) is 4.79 Å². The lowest BCUT2D eigenvalue weighted by Crippen LogP contribution is -2.52. The van der Waals surface area contributed by atoms with E-state index in [0.717, 1.165) is 30.4 Å². The van der Waals surface area contributed by atoms with Gasteiger partial charge in [-0.15, -0.1) is 0 Å². The fraction of sp³-hybridized carbons (Fsp3) is 0.357. The highest BCUT2D eigenvalue weighted by atomic mass is 79.9. The quantitative estimate of drug-likeness (QED) is 0.621. The van der Waals surface area contributed by atoms with E-state index >= 15 is 0 Å². The number of fused-ring (bicyclic) bond motifs is 1. The predicted octanol–water partition coefficient (Wildman–Crippen LogP) is 3.21. The number of carbonyl (C=O) groups is 1. The molecule has 2 atom stereocenters. The van der Waals surface area contributed by atoms with Crippen molar-refractivity contribution in [1.29, 1.82) is 0 Å². The molecule has 1 aliphatic carbocycles. The number of halogens is 1. The van der Waals surface area contributed by atoms with Crippen LogP contribution in [0.2, 0.25) is 0 Å². The van der Waals surface area contributed by atoms with Crippen LogP contribution in [0.25, 0.3) is 6.08 Å². The Kier molecular flexibility index (Phi) is 2.70. The molecule has 0 amide bonds. The molecule has 3 nitrogen and oxygen atoms in total. The lowest BCUT2D eigenvalue weighted by molar-refractivity contribution is 0.0465. The number of aldehydes is 1. The molecule has 1 fully saturated rings. The van der Waals surface area contributed by atoms with Crippen LogP contribution in [0, 0.1) is 0 Å². The van der Waals surface area contributed by atoms with Crippen molar-refractivity contribution in [1.82, 2.24) is 0 Å². The van der Waals surface area contributed by atoms with Gasteiger partial charge in [0.1, 0.15) is 11.9 Å². The van der Waals surface area contributed by atoms with Gasteiger partial charge in [0.2, 0.25) is 0 Å². The molecule has 2 aliphatic rings. The van der Waals surface area contributed by atoms with Gasteiger partial charge in [0.15, 0.2) is 11.5 Å². The van der Waals surface area contributed by atoms with Gasteiger partial charge in [-0.2, -0.15) is 0 Å². The summed E-state index contributed by atoms with van der Waals surface area (Å²) in [7, 11) is 1.59. The summed E-state index contributed by atoms with van der Waals surface area (Å²) in [5.41, 5.74) is 1.25. The largest absolute Gasteiger partial charge is 0.493 e. The topological polar surface area (TPSA) is 35.5 Å². The molecular formula is C14H13BrO3. The van der Waals surface area contributed by atoms with E-state index < -0.39 is 0 Å². The summed E-state index contributed by atoms with van der Waals surface area (Å²) in [6.07, 6.45) is 7.01. The summed E-state index contributed by atoms with van der Waals surface area (Å²) < 4.78 is 11.4. The van der Waals surface area contributed by atoms with Crippen molar-refractivity contribution < 1.29 is 14.3 Å². The SMILES string of the molecule is COc1cc(C=O)cc2c1OC1(C=C2)CCC1Br. The Labute approximate surface area is 114 Å². The van der Waals surface area contributed by atoms with E-state index in [1.165, 1.54) is 0 Å². The molecule has 1 saturated carbocycles. The zero-order valence-electron chi connectivity index (χ0n) is 9.98. The number of hydrogen-bond donors (Lipinski definition) is 0. The van der Waals surface area contributed by atoms with Crippen LogP contribution in [0.5, 0.6) is 11.5 Å². The molecule has 0 aromatic heterocycles.